The van der Waals surface area contributed by atoms with Gasteiger partial charge in [-0.3, -0.25) is 4.79 Å². The molecule has 0 fully saturated rings. The van der Waals surface area contributed by atoms with E-state index in [9.17, 15) is 22.4 Å². The van der Waals surface area contributed by atoms with E-state index < -0.39 is 23.4 Å². The Morgan fingerprint density at radius 2 is 1.88 bits per heavy atom. The number of rotatable bonds is 1. The summed E-state index contributed by atoms with van der Waals surface area (Å²) >= 11 is 0. The Morgan fingerprint density at radius 1 is 1.17 bits per heavy atom. The zero-order valence-corrected chi connectivity index (χ0v) is 12.4. The van der Waals surface area contributed by atoms with Crippen molar-refractivity contribution in [3.63, 3.8) is 0 Å². The molecule has 1 aromatic carbocycles. The third-order valence-corrected chi connectivity index (χ3v) is 3.67. The fraction of sp³-hybridized carbons (Fsp3) is 0.125. The maximum atomic E-state index is 14.3. The Labute approximate surface area is 133 Å². The van der Waals surface area contributed by atoms with E-state index in [1.165, 1.54) is 23.9 Å². The molecule has 2 N–H and O–H groups in total. The summed E-state index contributed by atoms with van der Waals surface area (Å²) in [5, 5.41) is 0.621. The third-order valence-electron chi connectivity index (χ3n) is 3.67. The predicted molar refractivity (Wildman–Crippen MR) is 81.8 cm³/mol. The van der Waals surface area contributed by atoms with Crippen molar-refractivity contribution in [3.8, 4) is 11.3 Å². The van der Waals surface area contributed by atoms with Crippen LogP contribution in [0.3, 0.4) is 0 Å². The molecule has 0 radical (unpaired) electrons. The van der Waals surface area contributed by atoms with Crippen molar-refractivity contribution in [3.05, 3.63) is 58.3 Å². The first-order valence-corrected chi connectivity index (χ1v) is 6.81. The van der Waals surface area contributed by atoms with Crippen molar-refractivity contribution in [2.24, 2.45) is 7.05 Å². The van der Waals surface area contributed by atoms with Gasteiger partial charge in [0.05, 0.1) is 16.6 Å². The van der Waals surface area contributed by atoms with Crippen LogP contribution in [0.2, 0.25) is 0 Å². The van der Waals surface area contributed by atoms with Crippen LogP contribution in [0.15, 0.2) is 41.3 Å². The SMILES string of the molecule is Cn1ccc2cc(-c3ccc(C(F)(F)F)c(N)n3)c(F)cc2c1=O. The molecule has 0 atom stereocenters. The van der Waals surface area contributed by atoms with Crippen molar-refractivity contribution in [2.75, 3.05) is 5.73 Å². The number of alkyl halides is 3. The fourth-order valence-corrected chi connectivity index (χ4v) is 2.42. The lowest BCUT2D eigenvalue weighted by molar-refractivity contribution is -0.137. The topological polar surface area (TPSA) is 60.9 Å². The van der Waals surface area contributed by atoms with Crippen molar-refractivity contribution in [1.82, 2.24) is 9.55 Å². The lowest BCUT2D eigenvalue weighted by atomic mass is 10.0. The summed E-state index contributed by atoms with van der Waals surface area (Å²) in [7, 11) is 1.53. The van der Waals surface area contributed by atoms with Gasteiger partial charge in [0.25, 0.3) is 5.56 Å². The summed E-state index contributed by atoms with van der Waals surface area (Å²) in [6, 6.07) is 5.81. The predicted octanol–water partition coefficient (Wildman–Crippen LogP) is 3.34. The number of hydrogen-bond acceptors (Lipinski definition) is 3. The minimum atomic E-state index is -4.64. The fourth-order valence-electron chi connectivity index (χ4n) is 2.42. The maximum Gasteiger partial charge on any atom is 0.419 e. The Bertz CT molecular complexity index is 1010. The first-order valence-electron chi connectivity index (χ1n) is 6.81. The van der Waals surface area contributed by atoms with Gasteiger partial charge in [0.1, 0.15) is 11.6 Å². The highest BCUT2D eigenvalue weighted by molar-refractivity contribution is 5.86. The van der Waals surface area contributed by atoms with Crippen LogP contribution in [0.1, 0.15) is 5.56 Å². The summed E-state index contributed by atoms with van der Waals surface area (Å²) in [6.45, 7) is 0. The van der Waals surface area contributed by atoms with Gasteiger partial charge in [-0.05, 0) is 35.7 Å². The van der Waals surface area contributed by atoms with Crippen LogP contribution < -0.4 is 11.3 Å². The summed E-state index contributed by atoms with van der Waals surface area (Å²) in [5.74, 6) is -1.50. The summed E-state index contributed by atoms with van der Waals surface area (Å²) in [4.78, 5) is 15.6. The number of nitrogens with zero attached hydrogens (tertiary/aromatic N) is 2. The molecule has 0 aliphatic carbocycles. The van der Waals surface area contributed by atoms with Crippen LogP contribution in [-0.4, -0.2) is 9.55 Å². The number of halogens is 4. The van der Waals surface area contributed by atoms with Gasteiger partial charge >= 0.3 is 6.18 Å². The van der Waals surface area contributed by atoms with Crippen LogP contribution in [0.5, 0.6) is 0 Å². The average Bonchev–Trinajstić information content (AvgIpc) is 2.50. The molecule has 0 bridgehead atoms. The van der Waals surface area contributed by atoms with Crippen LogP contribution in [-0.2, 0) is 13.2 Å². The highest BCUT2D eigenvalue weighted by atomic mass is 19.4. The largest absolute Gasteiger partial charge is 0.419 e. The number of benzene rings is 1. The Hall–Kier alpha value is -2.90. The van der Waals surface area contributed by atoms with Crippen molar-refractivity contribution in [1.29, 1.82) is 0 Å². The second kappa shape index (κ2) is 5.33. The standard InChI is InChI=1S/C16H11F4N3O/c1-23-5-4-8-6-10(12(17)7-9(8)15(23)24)13-3-2-11(14(21)22-13)16(18,19)20/h2-7H,1H3,(H2,21,22). The van der Waals surface area contributed by atoms with E-state index in [1.54, 1.807) is 6.07 Å². The minimum absolute atomic E-state index is 0.0313. The van der Waals surface area contributed by atoms with Gasteiger partial charge in [-0.1, -0.05) is 0 Å². The van der Waals surface area contributed by atoms with Gasteiger partial charge in [-0.2, -0.15) is 13.2 Å². The van der Waals surface area contributed by atoms with E-state index in [4.69, 9.17) is 5.73 Å². The third kappa shape index (κ3) is 2.60. The quantitative estimate of drug-likeness (QED) is 0.693. The highest BCUT2D eigenvalue weighted by Gasteiger charge is 2.33. The molecule has 3 rings (SSSR count). The molecular weight excluding hydrogens is 326 g/mol. The average molecular weight is 337 g/mol. The van der Waals surface area contributed by atoms with E-state index in [0.29, 0.717) is 5.39 Å². The molecular formula is C16H11F4N3O. The van der Waals surface area contributed by atoms with E-state index in [2.05, 4.69) is 4.98 Å². The molecule has 0 saturated carbocycles. The van der Waals surface area contributed by atoms with E-state index in [0.717, 1.165) is 18.2 Å². The molecule has 0 aliphatic rings. The maximum absolute atomic E-state index is 14.3. The number of aryl methyl sites for hydroxylation is 1. The first kappa shape index (κ1) is 16.0. The van der Waals surface area contributed by atoms with E-state index in [1.807, 2.05) is 0 Å². The van der Waals surface area contributed by atoms with Crippen LogP contribution in [0.4, 0.5) is 23.4 Å². The van der Waals surface area contributed by atoms with Crippen molar-refractivity contribution in [2.45, 2.75) is 6.18 Å². The molecule has 3 aromatic rings. The van der Waals surface area contributed by atoms with Gasteiger partial charge < -0.3 is 10.3 Å². The zero-order chi connectivity index (χ0) is 17.6. The number of aromatic nitrogens is 2. The molecule has 0 unspecified atom stereocenters. The van der Waals surface area contributed by atoms with Crippen LogP contribution >= 0.6 is 0 Å². The van der Waals surface area contributed by atoms with Crippen LogP contribution in [0, 0.1) is 5.82 Å². The molecule has 4 nitrogen and oxygen atoms in total. The number of fused-ring (bicyclic) bond motifs is 1. The summed E-state index contributed by atoms with van der Waals surface area (Å²) in [5.41, 5.74) is 3.81. The molecule has 24 heavy (non-hydrogen) atoms. The second-order valence-electron chi connectivity index (χ2n) is 5.28. The molecule has 0 spiro atoms. The number of anilines is 1. The van der Waals surface area contributed by atoms with Gasteiger partial charge in [-0.15, -0.1) is 0 Å². The minimum Gasteiger partial charge on any atom is -0.383 e. The Morgan fingerprint density at radius 3 is 2.50 bits per heavy atom. The summed E-state index contributed by atoms with van der Waals surface area (Å²) in [6.07, 6.45) is -3.12. The van der Waals surface area contributed by atoms with Crippen molar-refractivity contribution < 1.29 is 17.6 Å². The lowest BCUT2D eigenvalue weighted by Gasteiger charge is -2.11. The van der Waals surface area contributed by atoms with Gasteiger partial charge in [0.15, 0.2) is 0 Å². The molecule has 0 amide bonds. The first-order chi connectivity index (χ1) is 11.2. The lowest BCUT2D eigenvalue weighted by Crippen LogP contribution is -2.15. The Kier molecular flexibility index (Phi) is 3.55. The molecule has 2 heterocycles. The molecule has 124 valence electrons. The van der Waals surface area contributed by atoms with Gasteiger partial charge in [0, 0.05) is 18.8 Å². The molecule has 0 aliphatic heterocycles. The number of nitrogen functional groups attached to an aromatic ring is 1. The van der Waals surface area contributed by atoms with Gasteiger partial charge in [0.2, 0.25) is 0 Å². The van der Waals surface area contributed by atoms with E-state index >= 15 is 0 Å². The van der Waals surface area contributed by atoms with Crippen LogP contribution in [0.25, 0.3) is 22.0 Å². The smallest absolute Gasteiger partial charge is 0.383 e. The second-order valence-corrected chi connectivity index (χ2v) is 5.28. The highest BCUT2D eigenvalue weighted by Crippen LogP contribution is 2.34. The summed E-state index contributed by atoms with van der Waals surface area (Å²) < 4.78 is 53.8. The zero-order valence-electron chi connectivity index (χ0n) is 12.4. The monoisotopic (exact) mass is 337 g/mol. The van der Waals surface area contributed by atoms with Gasteiger partial charge in [-0.25, -0.2) is 9.37 Å². The molecule has 2 aromatic heterocycles. The molecule has 8 heteroatoms. The molecule has 0 saturated heterocycles. The van der Waals surface area contributed by atoms with E-state index in [-0.39, 0.29) is 22.2 Å². The van der Waals surface area contributed by atoms with Crippen molar-refractivity contribution >= 4 is 16.6 Å². The number of nitrogens with two attached hydrogens (primary N) is 1. The number of pyridine rings is 2. The Balaban J connectivity index is 2.20. The normalized spacial score (nSPS) is 11.9. The number of hydrogen-bond donors (Lipinski definition) is 1.